The van der Waals surface area contributed by atoms with Crippen LogP contribution in [0.15, 0.2) is 0 Å². The maximum atomic E-state index is 5.73. The van der Waals surface area contributed by atoms with Crippen molar-refractivity contribution in [3.63, 3.8) is 0 Å². The third kappa shape index (κ3) is 3.76. The lowest BCUT2D eigenvalue weighted by Crippen LogP contribution is -2.45. The molecule has 0 spiro atoms. The zero-order valence-corrected chi connectivity index (χ0v) is 10.6. The van der Waals surface area contributed by atoms with Crippen molar-refractivity contribution >= 4 is 0 Å². The molecular weight excluding hydrogens is 186 g/mol. The number of ether oxygens (including phenoxy) is 1. The Morgan fingerprint density at radius 1 is 1.20 bits per heavy atom. The molecule has 1 fully saturated rings. The molecule has 0 saturated heterocycles. The summed E-state index contributed by atoms with van der Waals surface area (Å²) in [4.78, 5) is 0. The van der Waals surface area contributed by atoms with Gasteiger partial charge in [0.15, 0.2) is 0 Å². The monoisotopic (exact) mass is 213 g/mol. The van der Waals surface area contributed by atoms with Crippen LogP contribution < -0.4 is 5.32 Å². The first-order chi connectivity index (χ1) is 7.33. The van der Waals surface area contributed by atoms with Gasteiger partial charge in [-0.3, -0.25) is 0 Å². The van der Waals surface area contributed by atoms with Crippen LogP contribution in [-0.4, -0.2) is 25.8 Å². The van der Waals surface area contributed by atoms with E-state index in [4.69, 9.17) is 4.74 Å². The van der Waals surface area contributed by atoms with Crippen LogP contribution in [0.25, 0.3) is 0 Å². The normalized spacial score (nSPS) is 22.6. The average molecular weight is 213 g/mol. The molecule has 0 bridgehead atoms. The summed E-state index contributed by atoms with van der Waals surface area (Å²) in [6.45, 7) is 5.48. The molecular formula is C13H27NO. The first-order valence-electron chi connectivity index (χ1n) is 6.59. The first-order valence-corrected chi connectivity index (χ1v) is 6.59. The van der Waals surface area contributed by atoms with Crippen molar-refractivity contribution in [3.05, 3.63) is 0 Å². The first kappa shape index (κ1) is 13.0. The van der Waals surface area contributed by atoms with E-state index in [2.05, 4.69) is 19.2 Å². The summed E-state index contributed by atoms with van der Waals surface area (Å²) in [7, 11) is 1.87. The minimum atomic E-state index is 0.426. The van der Waals surface area contributed by atoms with Crippen molar-refractivity contribution in [3.8, 4) is 0 Å². The van der Waals surface area contributed by atoms with Crippen LogP contribution >= 0.6 is 0 Å². The summed E-state index contributed by atoms with van der Waals surface area (Å²) < 4.78 is 5.73. The lowest BCUT2D eigenvalue weighted by Gasteiger charge is -2.34. The second-order valence-electron chi connectivity index (χ2n) is 4.67. The quantitative estimate of drug-likeness (QED) is 0.732. The van der Waals surface area contributed by atoms with Crippen molar-refractivity contribution in [1.29, 1.82) is 0 Å². The molecule has 2 unspecified atom stereocenters. The van der Waals surface area contributed by atoms with Crippen LogP contribution in [0.5, 0.6) is 0 Å². The van der Waals surface area contributed by atoms with Gasteiger partial charge in [0.05, 0.1) is 6.10 Å². The van der Waals surface area contributed by atoms with Gasteiger partial charge < -0.3 is 10.1 Å². The van der Waals surface area contributed by atoms with Gasteiger partial charge in [-0.15, -0.1) is 0 Å². The molecule has 15 heavy (non-hydrogen) atoms. The Labute approximate surface area is 94.8 Å². The SMILES string of the molecule is CCNC(CC)C(OC)C1CCCCC1. The molecule has 1 N–H and O–H groups in total. The molecule has 0 aromatic carbocycles. The molecule has 2 atom stereocenters. The van der Waals surface area contributed by atoms with Gasteiger partial charge in [-0.1, -0.05) is 33.1 Å². The third-order valence-electron chi connectivity index (χ3n) is 3.69. The van der Waals surface area contributed by atoms with E-state index in [1.165, 1.54) is 38.5 Å². The van der Waals surface area contributed by atoms with E-state index in [-0.39, 0.29) is 0 Å². The van der Waals surface area contributed by atoms with Crippen LogP contribution in [0.2, 0.25) is 0 Å². The molecule has 2 nitrogen and oxygen atoms in total. The van der Waals surface area contributed by atoms with Crippen LogP contribution in [-0.2, 0) is 4.74 Å². The molecule has 0 aliphatic heterocycles. The Balaban J connectivity index is 2.50. The fraction of sp³-hybridized carbons (Fsp3) is 1.00. The van der Waals surface area contributed by atoms with Gasteiger partial charge in [0, 0.05) is 13.2 Å². The van der Waals surface area contributed by atoms with Gasteiger partial charge in [-0.25, -0.2) is 0 Å². The van der Waals surface area contributed by atoms with Crippen LogP contribution in [0.1, 0.15) is 52.4 Å². The summed E-state index contributed by atoms with van der Waals surface area (Å²) in [6.07, 6.45) is 8.53. The van der Waals surface area contributed by atoms with Gasteiger partial charge >= 0.3 is 0 Å². The Bertz CT molecular complexity index is 150. The zero-order valence-electron chi connectivity index (χ0n) is 10.6. The maximum absolute atomic E-state index is 5.73. The summed E-state index contributed by atoms with van der Waals surface area (Å²) in [5.74, 6) is 0.785. The maximum Gasteiger partial charge on any atom is 0.0752 e. The van der Waals surface area contributed by atoms with Gasteiger partial charge in [-0.05, 0) is 31.7 Å². The molecule has 1 rings (SSSR count). The molecule has 1 aliphatic carbocycles. The molecule has 0 amide bonds. The zero-order chi connectivity index (χ0) is 11.1. The van der Waals surface area contributed by atoms with E-state index in [1.54, 1.807) is 0 Å². The Hall–Kier alpha value is -0.0800. The Morgan fingerprint density at radius 3 is 2.33 bits per heavy atom. The molecule has 1 aliphatic rings. The number of likely N-dealkylation sites (N-methyl/N-ethyl adjacent to an activating group) is 1. The molecule has 1 saturated carbocycles. The lowest BCUT2D eigenvalue weighted by atomic mass is 9.82. The fourth-order valence-corrected chi connectivity index (χ4v) is 2.90. The largest absolute Gasteiger partial charge is 0.380 e. The van der Waals surface area contributed by atoms with Gasteiger partial charge in [0.1, 0.15) is 0 Å². The predicted octanol–water partition coefficient (Wildman–Crippen LogP) is 2.97. The number of hydrogen-bond acceptors (Lipinski definition) is 2. The van der Waals surface area contributed by atoms with Crippen molar-refractivity contribution < 1.29 is 4.74 Å². The highest BCUT2D eigenvalue weighted by atomic mass is 16.5. The standard InChI is InChI=1S/C13H27NO/c1-4-12(14-5-2)13(15-3)11-9-7-6-8-10-11/h11-14H,4-10H2,1-3H3. The van der Waals surface area contributed by atoms with E-state index in [0.29, 0.717) is 12.1 Å². The highest BCUT2D eigenvalue weighted by Crippen LogP contribution is 2.29. The van der Waals surface area contributed by atoms with Crippen LogP contribution in [0.4, 0.5) is 0 Å². The van der Waals surface area contributed by atoms with Crippen LogP contribution in [0.3, 0.4) is 0 Å². The smallest absolute Gasteiger partial charge is 0.0752 e. The Morgan fingerprint density at radius 2 is 1.87 bits per heavy atom. The van der Waals surface area contributed by atoms with Gasteiger partial charge in [0.25, 0.3) is 0 Å². The van der Waals surface area contributed by atoms with Crippen molar-refractivity contribution in [1.82, 2.24) is 5.32 Å². The molecule has 0 radical (unpaired) electrons. The molecule has 2 heteroatoms. The van der Waals surface area contributed by atoms with E-state index in [9.17, 15) is 0 Å². The van der Waals surface area contributed by atoms with E-state index in [1.807, 2.05) is 7.11 Å². The number of nitrogens with one attached hydrogen (secondary N) is 1. The topological polar surface area (TPSA) is 21.3 Å². The second-order valence-corrected chi connectivity index (χ2v) is 4.67. The summed E-state index contributed by atoms with van der Waals surface area (Å²) >= 11 is 0. The van der Waals surface area contributed by atoms with Crippen LogP contribution in [0, 0.1) is 5.92 Å². The van der Waals surface area contributed by atoms with Crippen molar-refractivity contribution in [2.24, 2.45) is 5.92 Å². The molecule has 0 aromatic rings. The minimum Gasteiger partial charge on any atom is -0.380 e. The summed E-state index contributed by atoms with van der Waals surface area (Å²) in [5.41, 5.74) is 0. The lowest BCUT2D eigenvalue weighted by molar-refractivity contribution is 0.00770. The van der Waals surface area contributed by atoms with E-state index in [0.717, 1.165) is 12.5 Å². The summed E-state index contributed by atoms with van der Waals surface area (Å²) in [6, 6.07) is 0.545. The highest BCUT2D eigenvalue weighted by Gasteiger charge is 2.28. The number of rotatable bonds is 6. The molecule has 0 heterocycles. The van der Waals surface area contributed by atoms with Crippen molar-refractivity contribution in [2.75, 3.05) is 13.7 Å². The fourth-order valence-electron chi connectivity index (χ4n) is 2.90. The second kappa shape index (κ2) is 7.24. The average Bonchev–Trinajstić information content (AvgIpc) is 2.30. The summed E-state index contributed by atoms with van der Waals surface area (Å²) in [5, 5.41) is 3.56. The van der Waals surface area contributed by atoms with E-state index >= 15 is 0 Å². The van der Waals surface area contributed by atoms with Crippen molar-refractivity contribution in [2.45, 2.75) is 64.5 Å². The number of hydrogen-bond donors (Lipinski definition) is 1. The van der Waals surface area contributed by atoms with E-state index < -0.39 is 0 Å². The predicted molar refractivity (Wildman–Crippen MR) is 65.1 cm³/mol. The van der Waals surface area contributed by atoms with Gasteiger partial charge in [0.2, 0.25) is 0 Å². The highest BCUT2D eigenvalue weighted by molar-refractivity contribution is 4.83. The Kier molecular flexibility index (Phi) is 6.26. The number of methoxy groups -OCH3 is 1. The third-order valence-corrected chi connectivity index (χ3v) is 3.69. The minimum absolute atomic E-state index is 0.426. The molecule has 0 aromatic heterocycles. The van der Waals surface area contributed by atoms with Gasteiger partial charge in [-0.2, -0.15) is 0 Å². The molecule has 90 valence electrons.